The summed E-state index contributed by atoms with van der Waals surface area (Å²) >= 11 is 0. The number of halogens is 2. The summed E-state index contributed by atoms with van der Waals surface area (Å²) in [7, 11) is 2.69. The highest BCUT2D eigenvalue weighted by Crippen LogP contribution is 2.28. The first-order chi connectivity index (χ1) is 13.0. The summed E-state index contributed by atoms with van der Waals surface area (Å²) in [5.41, 5.74) is 2.20. The van der Waals surface area contributed by atoms with E-state index in [1.54, 1.807) is 12.4 Å². The second-order valence-electron chi connectivity index (χ2n) is 5.80. The van der Waals surface area contributed by atoms with Crippen LogP contribution in [0.5, 0.6) is 11.5 Å². The third-order valence-corrected chi connectivity index (χ3v) is 4.29. The van der Waals surface area contributed by atoms with Gasteiger partial charge in [-0.25, -0.2) is 13.8 Å². The average Bonchev–Trinajstić information content (AvgIpc) is 3.08. The Morgan fingerprint density at radius 1 is 1.19 bits per heavy atom. The Balaban J connectivity index is 1.90. The summed E-state index contributed by atoms with van der Waals surface area (Å²) in [6, 6.07) is 5.47. The van der Waals surface area contributed by atoms with Crippen LogP contribution in [0.25, 0.3) is 11.0 Å². The molecule has 0 fully saturated rings. The zero-order chi connectivity index (χ0) is 19.6. The number of aromatic nitrogens is 2. The van der Waals surface area contributed by atoms with Gasteiger partial charge in [0.1, 0.15) is 5.75 Å². The molecule has 0 aliphatic rings. The quantitative estimate of drug-likeness (QED) is 0.718. The Hall–Kier alpha value is -3.16. The molecule has 8 heteroatoms. The third-order valence-electron chi connectivity index (χ3n) is 4.29. The molecule has 1 aromatic heterocycles. The lowest BCUT2D eigenvalue weighted by Crippen LogP contribution is -2.24. The minimum atomic E-state index is -0.939. The zero-order valence-corrected chi connectivity index (χ0v) is 15.2. The van der Waals surface area contributed by atoms with E-state index in [9.17, 15) is 13.6 Å². The van der Waals surface area contributed by atoms with Gasteiger partial charge in [-0.15, -0.1) is 0 Å². The number of imidazole rings is 1. The van der Waals surface area contributed by atoms with E-state index in [-0.39, 0.29) is 12.1 Å². The van der Waals surface area contributed by atoms with E-state index in [0.29, 0.717) is 12.3 Å². The molecule has 2 aromatic carbocycles. The fourth-order valence-corrected chi connectivity index (χ4v) is 2.98. The monoisotopic (exact) mass is 375 g/mol. The molecule has 1 N–H and O–H groups in total. The topological polar surface area (TPSA) is 65.4 Å². The SMILES string of the molecule is CCn1cnc2ccc(OC)c(CNC(=O)c3cc(F)c(OC)c(F)c3)c21. The molecular weight excluding hydrogens is 356 g/mol. The first-order valence-electron chi connectivity index (χ1n) is 8.32. The van der Waals surface area contributed by atoms with Crippen LogP contribution in [0.1, 0.15) is 22.8 Å². The lowest BCUT2D eigenvalue weighted by atomic mass is 10.1. The van der Waals surface area contributed by atoms with Gasteiger partial charge in [-0.3, -0.25) is 4.79 Å². The van der Waals surface area contributed by atoms with E-state index in [1.807, 2.05) is 17.6 Å². The van der Waals surface area contributed by atoms with Crippen molar-refractivity contribution in [2.75, 3.05) is 14.2 Å². The highest BCUT2D eigenvalue weighted by molar-refractivity contribution is 5.94. The molecule has 0 aliphatic heterocycles. The zero-order valence-electron chi connectivity index (χ0n) is 15.2. The second kappa shape index (κ2) is 7.61. The molecule has 142 valence electrons. The number of hydrogen-bond donors (Lipinski definition) is 1. The minimum Gasteiger partial charge on any atom is -0.496 e. The van der Waals surface area contributed by atoms with Gasteiger partial charge in [-0.2, -0.15) is 0 Å². The number of carbonyl (C=O) groups is 1. The standard InChI is InChI=1S/C19H19F2N3O3/c1-4-24-10-23-15-5-6-16(26-2)12(17(15)24)9-22-19(25)11-7-13(20)18(27-3)14(21)8-11/h5-8,10H,4,9H2,1-3H3,(H,22,25). The fourth-order valence-electron chi connectivity index (χ4n) is 2.98. The molecule has 0 spiro atoms. The van der Waals surface area contributed by atoms with Crippen molar-refractivity contribution in [1.29, 1.82) is 0 Å². The van der Waals surface area contributed by atoms with Crippen LogP contribution in [0, 0.1) is 11.6 Å². The first kappa shape index (κ1) is 18.6. The number of nitrogens with zero attached hydrogens (tertiary/aromatic N) is 2. The Kier molecular flexibility index (Phi) is 5.25. The Morgan fingerprint density at radius 3 is 2.48 bits per heavy atom. The van der Waals surface area contributed by atoms with Crippen molar-refractivity contribution < 1.29 is 23.0 Å². The molecule has 1 amide bonds. The van der Waals surface area contributed by atoms with E-state index in [4.69, 9.17) is 4.74 Å². The van der Waals surface area contributed by atoms with E-state index in [1.165, 1.54) is 7.11 Å². The highest BCUT2D eigenvalue weighted by atomic mass is 19.1. The first-order valence-corrected chi connectivity index (χ1v) is 8.32. The van der Waals surface area contributed by atoms with E-state index in [2.05, 4.69) is 15.0 Å². The summed E-state index contributed by atoms with van der Waals surface area (Å²) in [6.45, 7) is 2.78. The molecule has 6 nitrogen and oxygen atoms in total. The number of amides is 1. The van der Waals surface area contributed by atoms with Crippen molar-refractivity contribution in [3.63, 3.8) is 0 Å². The molecule has 0 saturated heterocycles. The van der Waals surface area contributed by atoms with Gasteiger partial charge in [0.15, 0.2) is 17.4 Å². The summed E-state index contributed by atoms with van der Waals surface area (Å²) in [6.07, 6.45) is 1.71. The maximum atomic E-state index is 13.8. The maximum absolute atomic E-state index is 13.8. The van der Waals surface area contributed by atoms with Crippen molar-refractivity contribution in [2.45, 2.75) is 20.0 Å². The number of rotatable bonds is 6. The van der Waals surface area contributed by atoms with Crippen LogP contribution in [0.15, 0.2) is 30.6 Å². The summed E-state index contributed by atoms with van der Waals surface area (Å²) in [5.74, 6) is -2.43. The Morgan fingerprint density at radius 2 is 1.89 bits per heavy atom. The lowest BCUT2D eigenvalue weighted by molar-refractivity contribution is 0.0949. The van der Waals surface area contributed by atoms with E-state index >= 15 is 0 Å². The summed E-state index contributed by atoms with van der Waals surface area (Å²) in [4.78, 5) is 16.7. The van der Waals surface area contributed by atoms with Gasteiger partial charge in [0.25, 0.3) is 5.91 Å². The van der Waals surface area contributed by atoms with Crippen LogP contribution in [0.3, 0.4) is 0 Å². The highest BCUT2D eigenvalue weighted by Gasteiger charge is 2.18. The van der Waals surface area contributed by atoms with Gasteiger partial charge in [-0.1, -0.05) is 0 Å². The number of benzene rings is 2. The van der Waals surface area contributed by atoms with Crippen molar-refractivity contribution in [1.82, 2.24) is 14.9 Å². The van der Waals surface area contributed by atoms with E-state index < -0.39 is 23.3 Å². The number of ether oxygens (including phenoxy) is 2. The van der Waals surface area contributed by atoms with Crippen LogP contribution >= 0.6 is 0 Å². The third kappa shape index (κ3) is 3.42. The molecule has 0 bridgehead atoms. The molecule has 1 heterocycles. The lowest BCUT2D eigenvalue weighted by Gasteiger charge is -2.13. The van der Waals surface area contributed by atoms with Crippen LogP contribution < -0.4 is 14.8 Å². The predicted molar refractivity (Wildman–Crippen MR) is 96.0 cm³/mol. The van der Waals surface area contributed by atoms with Crippen LogP contribution in [-0.4, -0.2) is 29.7 Å². The van der Waals surface area contributed by atoms with Crippen LogP contribution in [0.2, 0.25) is 0 Å². The smallest absolute Gasteiger partial charge is 0.251 e. The van der Waals surface area contributed by atoms with Gasteiger partial charge < -0.3 is 19.4 Å². The van der Waals surface area contributed by atoms with Crippen molar-refractivity contribution in [3.05, 3.63) is 53.4 Å². The van der Waals surface area contributed by atoms with Crippen LogP contribution in [-0.2, 0) is 13.1 Å². The summed E-state index contributed by atoms with van der Waals surface area (Å²) in [5, 5.41) is 2.68. The number of fused-ring (bicyclic) bond motifs is 1. The number of hydrogen-bond acceptors (Lipinski definition) is 4. The fraction of sp³-hybridized carbons (Fsp3) is 0.263. The maximum Gasteiger partial charge on any atom is 0.251 e. The Bertz CT molecular complexity index is 978. The van der Waals surface area contributed by atoms with Crippen LogP contribution in [0.4, 0.5) is 8.78 Å². The van der Waals surface area contributed by atoms with Gasteiger partial charge >= 0.3 is 0 Å². The number of carbonyl (C=O) groups excluding carboxylic acids is 1. The van der Waals surface area contributed by atoms with Crippen molar-refractivity contribution in [2.24, 2.45) is 0 Å². The molecule has 0 radical (unpaired) electrons. The van der Waals surface area contributed by atoms with Gasteiger partial charge in [0.05, 0.1) is 31.6 Å². The average molecular weight is 375 g/mol. The molecule has 0 atom stereocenters. The summed E-state index contributed by atoms with van der Waals surface area (Å²) < 4.78 is 39.6. The van der Waals surface area contributed by atoms with Crippen molar-refractivity contribution in [3.8, 4) is 11.5 Å². The Labute approximate surface area is 154 Å². The second-order valence-corrected chi connectivity index (χ2v) is 5.80. The number of aryl methyl sites for hydroxylation is 1. The number of nitrogens with one attached hydrogen (secondary N) is 1. The molecule has 0 aliphatic carbocycles. The predicted octanol–water partition coefficient (Wildman–Crippen LogP) is 3.28. The molecular formula is C19H19F2N3O3. The van der Waals surface area contributed by atoms with Gasteiger partial charge in [0.2, 0.25) is 0 Å². The molecule has 0 saturated carbocycles. The minimum absolute atomic E-state index is 0.111. The van der Waals surface area contributed by atoms with Gasteiger partial charge in [-0.05, 0) is 31.2 Å². The van der Waals surface area contributed by atoms with Crippen molar-refractivity contribution >= 4 is 16.9 Å². The largest absolute Gasteiger partial charge is 0.496 e. The molecule has 27 heavy (non-hydrogen) atoms. The molecule has 3 aromatic rings. The normalized spacial score (nSPS) is 10.9. The number of methoxy groups -OCH3 is 2. The van der Waals surface area contributed by atoms with Gasteiger partial charge in [0, 0.05) is 24.2 Å². The van der Waals surface area contributed by atoms with E-state index in [0.717, 1.165) is 35.8 Å². The molecule has 3 rings (SSSR count). The molecule has 0 unspecified atom stereocenters.